The molecule has 3 rings (SSSR count). The lowest BCUT2D eigenvalue weighted by molar-refractivity contribution is -0.0366. The van der Waals surface area contributed by atoms with Crippen molar-refractivity contribution in [3.63, 3.8) is 0 Å². The zero-order chi connectivity index (χ0) is 4.85. The van der Waals surface area contributed by atoms with E-state index < -0.39 is 0 Å². The predicted octanol–water partition coefficient (Wildman–Crippen LogP) is 0.614. The van der Waals surface area contributed by atoms with Crippen molar-refractivity contribution in [2.75, 3.05) is 7.05 Å². The minimum absolute atomic E-state index is 0.931. The summed E-state index contributed by atoms with van der Waals surface area (Å²) in [5, 5.41) is 3.30. The van der Waals surface area contributed by atoms with Crippen LogP contribution in [0.5, 0.6) is 0 Å². The minimum atomic E-state index is 0.931. The van der Waals surface area contributed by atoms with Crippen LogP contribution < -0.4 is 5.32 Å². The number of rotatable bonds is 1. The van der Waals surface area contributed by atoms with Crippen LogP contribution >= 0.6 is 0 Å². The second kappa shape index (κ2) is 1.03. The van der Waals surface area contributed by atoms with E-state index in [2.05, 4.69) is 12.4 Å². The summed E-state index contributed by atoms with van der Waals surface area (Å²) in [5.74, 6) is 2.16. The Morgan fingerprint density at radius 3 is 1.86 bits per heavy atom. The topological polar surface area (TPSA) is 12.0 Å². The fourth-order valence-electron chi connectivity index (χ4n) is 1.76. The third-order valence-electron chi connectivity index (χ3n) is 2.56. The van der Waals surface area contributed by atoms with Gasteiger partial charge in [0.25, 0.3) is 0 Å². The highest BCUT2D eigenvalue weighted by atomic mass is 15.0. The van der Waals surface area contributed by atoms with E-state index in [9.17, 15) is 0 Å². The molecule has 0 aliphatic heterocycles. The van der Waals surface area contributed by atoms with Gasteiger partial charge in [-0.15, -0.1) is 0 Å². The van der Waals surface area contributed by atoms with Gasteiger partial charge in [0.05, 0.1) is 0 Å². The van der Waals surface area contributed by atoms with E-state index in [1.165, 1.54) is 12.8 Å². The molecule has 0 spiro atoms. The van der Waals surface area contributed by atoms with Gasteiger partial charge in [0, 0.05) is 6.04 Å². The Bertz CT molecular complexity index is 76.2. The van der Waals surface area contributed by atoms with Crippen LogP contribution in [-0.4, -0.2) is 13.1 Å². The Balaban J connectivity index is 1.94. The monoisotopic (exact) mass is 97.1 g/mol. The van der Waals surface area contributed by atoms with Crippen LogP contribution in [0.25, 0.3) is 0 Å². The van der Waals surface area contributed by atoms with Crippen LogP contribution in [0.1, 0.15) is 12.8 Å². The van der Waals surface area contributed by atoms with Gasteiger partial charge >= 0.3 is 0 Å². The van der Waals surface area contributed by atoms with E-state index in [1.54, 1.807) is 0 Å². The molecule has 3 aliphatic rings. The summed E-state index contributed by atoms with van der Waals surface area (Å²) in [5.41, 5.74) is 0. The van der Waals surface area contributed by atoms with Crippen LogP contribution in [0.15, 0.2) is 0 Å². The van der Waals surface area contributed by atoms with Crippen LogP contribution in [0.4, 0.5) is 0 Å². The molecule has 2 bridgehead atoms. The molecule has 3 aliphatic carbocycles. The van der Waals surface area contributed by atoms with Gasteiger partial charge in [-0.2, -0.15) is 0 Å². The van der Waals surface area contributed by atoms with E-state index >= 15 is 0 Å². The lowest BCUT2D eigenvalue weighted by atomic mass is 9.52. The van der Waals surface area contributed by atoms with Crippen molar-refractivity contribution in [1.29, 1.82) is 0 Å². The first-order chi connectivity index (χ1) is 3.42. The lowest BCUT2D eigenvalue weighted by Gasteiger charge is -2.58. The van der Waals surface area contributed by atoms with E-state index in [-0.39, 0.29) is 0 Å². The second-order valence-electron chi connectivity index (χ2n) is 2.81. The van der Waals surface area contributed by atoms with Crippen molar-refractivity contribution in [2.45, 2.75) is 18.9 Å². The molecule has 1 N–H and O–H groups in total. The maximum absolute atomic E-state index is 3.30. The van der Waals surface area contributed by atoms with Crippen molar-refractivity contribution in [3.05, 3.63) is 0 Å². The number of hydrogen-bond donors (Lipinski definition) is 1. The summed E-state index contributed by atoms with van der Waals surface area (Å²) >= 11 is 0. The van der Waals surface area contributed by atoms with Gasteiger partial charge in [-0.1, -0.05) is 0 Å². The summed E-state index contributed by atoms with van der Waals surface area (Å²) in [7, 11) is 2.07. The molecule has 3 saturated carbocycles. The molecule has 0 unspecified atom stereocenters. The molecular weight excluding hydrogens is 86.1 g/mol. The summed E-state index contributed by atoms with van der Waals surface area (Å²) in [6.07, 6.45) is 3.04. The standard InChI is InChI=1S/C6H11N/c1-7-6-4-2-5(6)3-4/h4-7H,2-3H2,1H3. The van der Waals surface area contributed by atoms with Crippen molar-refractivity contribution < 1.29 is 0 Å². The van der Waals surface area contributed by atoms with Crippen LogP contribution in [-0.2, 0) is 0 Å². The first kappa shape index (κ1) is 3.90. The smallest absolute Gasteiger partial charge is 0.0121 e. The van der Waals surface area contributed by atoms with Crippen LogP contribution in [0, 0.1) is 11.8 Å². The first-order valence-corrected chi connectivity index (χ1v) is 3.09. The molecule has 0 aromatic heterocycles. The molecule has 0 aromatic rings. The van der Waals surface area contributed by atoms with Crippen LogP contribution in [0.3, 0.4) is 0 Å². The van der Waals surface area contributed by atoms with Gasteiger partial charge < -0.3 is 5.32 Å². The average Bonchev–Trinajstić information content (AvgIpc) is 1.24. The van der Waals surface area contributed by atoms with Crippen LogP contribution in [0.2, 0.25) is 0 Å². The summed E-state index contributed by atoms with van der Waals surface area (Å²) < 4.78 is 0. The zero-order valence-electron chi connectivity index (χ0n) is 4.65. The Morgan fingerprint density at radius 1 is 1.29 bits per heavy atom. The molecule has 0 radical (unpaired) electrons. The number of hydrogen-bond acceptors (Lipinski definition) is 1. The lowest BCUT2D eigenvalue weighted by Crippen LogP contribution is -2.61. The van der Waals surface area contributed by atoms with E-state index in [0.717, 1.165) is 17.9 Å². The van der Waals surface area contributed by atoms with Crippen molar-refractivity contribution in [1.82, 2.24) is 5.32 Å². The van der Waals surface area contributed by atoms with Gasteiger partial charge in [0.15, 0.2) is 0 Å². The molecule has 0 atom stereocenters. The van der Waals surface area contributed by atoms with Gasteiger partial charge in [-0.05, 0) is 31.7 Å². The minimum Gasteiger partial charge on any atom is -0.316 e. The third-order valence-corrected chi connectivity index (χ3v) is 2.56. The molecule has 0 aromatic carbocycles. The molecule has 1 heteroatoms. The molecule has 7 heavy (non-hydrogen) atoms. The predicted molar refractivity (Wildman–Crippen MR) is 29.1 cm³/mol. The Hall–Kier alpha value is -0.0400. The van der Waals surface area contributed by atoms with Gasteiger partial charge in [0.2, 0.25) is 0 Å². The van der Waals surface area contributed by atoms with Gasteiger partial charge in [-0.3, -0.25) is 0 Å². The normalized spacial score (nSPS) is 55.3. The largest absolute Gasteiger partial charge is 0.316 e. The molecule has 40 valence electrons. The molecule has 3 fully saturated rings. The molecule has 1 nitrogen and oxygen atoms in total. The van der Waals surface area contributed by atoms with Crippen molar-refractivity contribution in [3.8, 4) is 0 Å². The zero-order valence-corrected chi connectivity index (χ0v) is 4.65. The Morgan fingerprint density at radius 2 is 1.86 bits per heavy atom. The van der Waals surface area contributed by atoms with Crippen molar-refractivity contribution >= 4 is 0 Å². The Labute approximate surface area is 44.1 Å². The van der Waals surface area contributed by atoms with Gasteiger partial charge in [-0.25, -0.2) is 0 Å². The summed E-state index contributed by atoms with van der Waals surface area (Å²) in [6.45, 7) is 0. The average molecular weight is 97.2 g/mol. The summed E-state index contributed by atoms with van der Waals surface area (Å²) in [6, 6.07) is 0.931. The molecule has 0 heterocycles. The first-order valence-electron chi connectivity index (χ1n) is 3.09. The third kappa shape index (κ3) is 0.290. The van der Waals surface area contributed by atoms with E-state index in [1.807, 2.05) is 0 Å². The maximum Gasteiger partial charge on any atom is 0.0121 e. The highest BCUT2D eigenvalue weighted by molar-refractivity contribution is 5.05. The molecule has 0 saturated heterocycles. The molecule has 0 amide bonds. The highest BCUT2D eigenvalue weighted by Gasteiger charge is 2.51. The quantitative estimate of drug-likeness (QED) is 0.505. The second-order valence-corrected chi connectivity index (χ2v) is 2.81. The van der Waals surface area contributed by atoms with E-state index in [0.29, 0.717) is 0 Å². The fourth-order valence-corrected chi connectivity index (χ4v) is 1.76. The maximum atomic E-state index is 3.30. The SMILES string of the molecule is CNC1C2CC1C2. The fraction of sp³-hybridized carbons (Fsp3) is 1.00. The highest BCUT2D eigenvalue weighted by Crippen LogP contribution is 2.52. The number of nitrogens with one attached hydrogen (secondary N) is 1. The Kier molecular flexibility index (Phi) is 0.571. The van der Waals surface area contributed by atoms with Gasteiger partial charge in [0.1, 0.15) is 0 Å². The van der Waals surface area contributed by atoms with Crippen molar-refractivity contribution in [2.24, 2.45) is 11.8 Å². The summed E-state index contributed by atoms with van der Waals surface area (Å²) in [4.78, 5) is 0. The molecular formula is C6H11N. The van der Waals surface area contributed by atoms with E-state index in [4.69, 9.17) is 0 Å².